The maximum absolute atomic E-state index is 13.1. The second kappa shape index (κ2) is 8.65. The average molecular weight is 515 g/mol. The Morgan fingerprint density at radius 1 is 1.00 bits per heavy atom. The summed E-state index contributed by atoms with van der Waals surface area (Å²) in [6, 6.07) is 16.0. The monoisotopic (exact) mass is 514 g/mol. The van der Waals surface area contributed by atoms with Gasteiger partial charge in [0, 0.05) is 27.3 Å². The number of nitrogens with one attached hydrogen (secondary N) is 2. The summed E-state index contributed by atoms with van der Waals surface area (Å²) in [6.45, 7) is 0. The van der Waals surface area contributed by atoms with Gasteiger partial charge in [0.25, 0.3) is 10.0 Å². The van der Waals surface area contributed by atoms with E-state index in [9.17, 15) is 13.2 Å². The molecule has 0 fully saturated rings. The molecule has 1 heterocycles. The fourth-order valence-corrected chi connectivity index (χ4v) is 6.32. The summed E-state index contributed by atoms with van der Waals surface area (Å²) in [5, 5.41) is 13.7. The molecule has 2 aliphatic rings. The predicted octanol–water partition coefficient (Wildman–Crippen LogP) is 6.32. The van der Waals surface area contributed by atoms with Gasteiger partial charge < -0.3 is 10.4 Å². The van der Waals surface area contributed by atoms with E-state index in [2.05, 4.69) is 22.2 Å². The number of halogens is 2. The number of hydrogen-bond donors (Lipinski definition) is 3. The maximum atomic E-state index is 13.1. The van der Waals surface area contributed by atoms with Gasteiger partial charge in [-0.1, -0.05) is 41.4 Å². The summed E-state index contributed by atoms with van der Waals surface area (Å²) in [5.41, 5.74) is 3.09. The van der Waals surface area contributed by atoms with Crippen LogP contribution < -0.4 is 10.0 Å². The van der Waals surface area contributed by atoms with Crippen LogP contribution in [0.4, 0.5) is 11.4 Å². The number of hydrogen-bond acceptors (Lipinski definition) is 4. The lowest BCUT2D eigenvalue weighted by Gasteiger charge is -2.38. The van der Waals surface area contributed by atoms with Crippen LogP contribution in [0.5, 0.6) is 0 Å². The fourth-order valence-electron chi connectivity index (χ4n) is 4.70. The molecule has 0 saturated carbocycles. The number of benzene rings is 3. The zero-order valence-corrected chi connectivity index (χ0v) is 20.0. The topological polar surface area (TPSA) is 95.5 Å². The molecule has 6 nitrogen and oxygen atoms in total. The van der Waals surface area contributed by atoms with E-state index in [0.29, 0.717) is 10.0 Å². The molecule has 9 heteroatoms. The molecule has 3 atom stereocenters. The molecule has 0 unspecified atom stereocenters. The first-order valence-electron chi connectivity index (χ1n) is 10.6. The highest BCUT2D eigenvalue weighted by molar-refractivity contribution is 7.92. The Morgan fingerprint density at radius 3 is 2.47 bits per heavy atom. The minimum absolute atomic E-state index is 0.0365. The quantitative estimate of drug-likeness (QED) is 0.346. The van der Waals surface area contributed by atoms with Crippen LogP contribution in [0.15, 0.2) is 77.7 Å². The lowest BCUT2D eigenvalue weighted by Crippen LogP contribution is -2.29. The smallest absolute Gasteiger partial charge is 0.335 e. The summed E-state index contributed by atoms with van der Waals surface area (Å²) >= 11 is 12.6. The Balaban J connectivity index is 1.46. The van der Waals surface area contributed by atoms with Gasteiger partial charge in [-0.05, 0) is 78.1 Å². The second-order valence-corrected chi connectivity index (χ2v) is 10.9. The Kier molecular flexibility index (Phi) is 5.80. The number of allylic oxidation sites excluding steroid dienone is 2. The van der Waals surface area contributed by atoms with Crippen LogP contribution in [0.1, 0.15) is 39.9 Å². The Labute approximate surface area is 207 Å². The van der Waals surface area contributed by atoms with Crippen LogP contribution in [0.3, 0.4) is 0 Å². The summed E-state index contributed by atoms with van der Waals surface area (Å²) in [5.74, 6) is -0.854. The zero-order valence-electron chi connectivity index (χ0n) is 17.7. The van der Waals surface area contributed by atoms with E-state index in [1.807, 2.05) is 12.1 Å². The highest BCUT2D eigenvalue weighted by atomic mass is 35.5. The van der Waals surface area contributed by atoms with Gasteiger partial charge in [0.05, 0.1) is 16.5 Å². The normalized spacial score (nSPS) is 20.8. The van der Waals surface area contributed by atoms with Crippen molar-refractivity contribution in [2.24, 2.45) is 5.92 Å². The maximum Gasteiger partial charge on any atom is 0.335 e. The van der Waals surface area contributed by atoms with E-state index in [1.54, 1.807) is 24.3 Å². The molecule has 0 bridgehead atoms. The van der Waals surface area contributed by atoms with Crippen molar-refractivity contribution >= 4 is 50.6 Å². The van der Waals surface area contributed by atoms with Crippen LogP contribution in [-0.2, 0) is 10.0 Å². The number of sulfonamides is 1. The van der Waals surface area contributed by atoms with Gasteiger partial charge in [-0.3, -0.25) is 4.72 Å². The molecule has 3 aromatic rings. The lowest BCUT2D eigenvalue weighted by atomic mass is 9.77. The average Bonchev–Trinajstić information content (AvgIpc) is 3.29. The lowest BCUT2D eigenvalue weighted by molar-refractivity contribution is 0.0697. The van der Waals surface area contributed by atoms with E-state index in [-0.39, 0.29) is 34.0 Å². The third-order valence-corrected chi connectivity index (χ3v) is 8.27. The molecule has 1 aliphatic heterocycles. The van der Waals surface area contributed by atoms with E-state index in [4.69, 9.17) is 28.3 Å². The highest BCUT2D eigenvalue weighted by Gasteiger charge is 2.39. The number of carbonyl (C=O) groups is 1. The summed E-state index contributed by atoms with van der Waals surface area (Å²) in [7, 11) is -3.87. The van der Waals surface area contributed by atoms with Gasteiger partial charge >= 0.3 is 5.97 Å². The predicted molar refractivity (Wildman–Crippen MR) is 133 cm³/mol. The number of carboxylic acids is 1. The Bertz CT molecular complexity index is 1420. The number of anilines is 2. The zero-order chi connectivity index (χ0) is 24.0. The van der Waals surface area contributed by atoms with Crippen molar-refractivity contribution in [2.45, 2.75) is 23.3 Å². The molecule has 0 radical (unpaired) electrons. The molecule has 0 aromatic heterocycles. The summed E-state index contributed by atoms with van der Waals surface area (Å²) in [4.78, 5) is 11.2. The third kappa shape index (κ3) is 4.15. The second-order valence-electron chi connectivity index (χ2n) is 8.38. The van der Waals surface area contributed by atoms with Crippen LogP contribution in [0, 0.1) is 5.92 Å². The van der Waals surface area contributed by atoms with Gasteiger partial charge in [0.2, 0.25) is 0 Å². The van der Waals surface area contributed by atoms with Gasteiger partial charge in [-0.15, -0.1) is 0 Å². The summed E-state index contributed by atoms with van der Waals surface area (Å²) < 4.78 is 28.7. The Hall–Kier alpha value is -3.00. The molecule has 0 spiro atoms. The number of rotatable bonds is 5. The summed E-state index contributed by atoms with van der Waals surface area (Å²) in [6.07, 6.45) is 5.08. The van der Waals surface area contributed by atoms with E-state index in [1.165, 1.54) is 24.3 Å². The number of carboxylic acid groups (broad SMARTS) is 1. The van der Waals surface area contributed by atoms with Crippen LogP contribution >= 0.6 is 23.2 Å². The molecule has 3 N–H and O–H groups in total. The Morgan fingerprint density at radius 2 is 1.76 bits per heavy atom. The van der Waals surface area contributed by atoms with Crippen molar-refractivity contribution in [1.82, 2.24) is 0 Å². The van der Waals surface area contributed by atoms with E-state index < -0.39 is 16.0 Å². The standard InChI is InChI=1S/C25H20Cl2N2O4S/c26-15-6-10-20(22(27)12-15)24-19-3-1-2-18(19)21-13-17(9-11-23(21)28-24)34(32,33)29-16-7-4-14(5-8-16)25(30)31/h1-2,4-13,18-19,24,28-29H,3H2,(H,30,31)/t18-,19+,24-/m0/s1. The van der Waals surface area contributed by atoms with Crippen LogP contribution in [0.2, 0.25) is 10.0 Å². The molecule has 34 heavy (non-hydrogen) atoms. The van der Waals surface area contributed by atoms with Crippen LogP contribution in [0.25, 0.3) is 0 Å². The number of aromatic carboxylic acids is 1. The molecule has 174 valence electrons. The highest BCUT2D eigenvalue weighted by Crippen LogP contribution is 2.51. The molecular formula is C25H20Cl2N2O4S. The van der Waals surface area contributed by atoms with E-state index in [0.717, 1.165) is 23.2 Å². The first kappa shape index (κ1) is 22.8. The fraction of sp³-hybridized carbons (Fsp3) is 0.160. The molecule has 0 amide bonds. The molecule has 1 aliphatic carbocycles. The van der Waals surface area contributed by atoms with Gasteiger partial charge in [-0.2, -0.15) is 0 Å². The largest absolute Gasteiger partial charge is 0.478 e. The SMILES string of the molecule is O=C(O)c1ccc(NS(=O)(=O)c2ccc3c(c2)[C@H]2C=CC[C@H]2[C@@H](c2ccc(Cl)cc2Cl)N3)cc1. The number of fused-ring (bicyclic) bond motifs is 3. The molecule has 0 saturated heterocycles. The van der Waals surface area contributed by atoms with Crippen molar-refractivity contribution in [2.75, 3.05) is 10.0 Å². The van der Waals surface area contributed by atoms with Gasteiger partial charge in [0.1, 0.15) is 0 Å². The minimum atomic E-state index is -3.87. The van der Waals surface area contributed by atoms with E-state index >= 15 is 0 Å². The minimum Gasteiger partial charge on any atom is -0.478 e. The van der Waals surface area contributed by atoms with Gasteiger partial charge in [-0.25, -0.2) is 13.2 Å². The van der Waals surface area contributed by atoms with Crippen molar-refractivity contribution in [3.8, 4) is 0 Å². The van der Waals surface area contributed by atoms with Crippen molar-refractivity contribution in [3.63, 3.8) is 0 Å². The van der Waals surface area contributed by atoms with Crippen LogP contribution in [-0.4, -0.2) is 19.5 Å². The third-order valence-electron chi connectivity index (χ3n) is 6.33. The van der Waals surface area contributed by atoms with Gasteiger partial charge in [0.15, 0.2) is 0 Å². The molecular weight excluding hydrogens is 495 g/mol. The first-order valence-corrected chi connectivity index (χ1v) is 12.8. The molecule has 3 aromatic carbocycles. The molecule has 5 rings (SSSR count). The van der Waals surface area contributed by atoms with Crippen molar-refractivity contribution in [1.29, 1.82) is 0 Å². The van der Waals surface area contributed by atoms with Crippen molar-refractivity contribution in [3.05, 3.63) is 99.6 Å². The van der Waals surface area contributed by atoms with Crippen molar-refractivity contribution < 1.29 is 18.3 Å². The first-order chi connectivity index (χ1) is 16.2.